The van der Waals surface area contributed by atoms with Crippen molar-refractivity contribution in [2.24, 2.45) is 4.99 Å². The van der Waals surface area contributed by atoms with Gasteiger partial charge in [0.1, 0.15) is 6.61 Å². The first-order valence-corrected chi connectivity index (χ1v) is 12.9. The molecule has 0 unspecified atom stereocenters. The van der Waals surface area contributed by atoms with Crippen molar-refractivity contribution in [3.05, 3.63) is 52.9 Å². The first kappa shape index (κ1) is 24.7. The monoisotopic (exact) mass is 489 g/mol. The molecule has 0 atom stereocenters. The topological polar surface area (TPSA) is 54.4 Å². The van der Waals surface area contributed by atoms with E-state index in [1.54, 1.807) is 4.90 Å². The maximum atomic E-state index is 13.1. The van der Waals surface area contributed by atoms with Crippen LogP contribution in [0.1, 0.15) is 38.7 Å². The summed E-state index contributed by atoms with van der Waals surface area (Å²) in [5.41, 5.74) is 2.92. The minimum absolute atomic E-state index is 0.0493. The summed E-state index contributed by atoms with van der Waals surface area (Å²) in [4.78, 5) is 22.6. The molecule has 0 radical (unpaired) electrons. The van der Waals surface area contributed by atoms with Gasteiger partial charge in [0, 0.05) is 25.3 Å². The van der Waals surface area contributed by atoms with Gasteiger partial charge >= 0.3 is 0 Å². The second kappa shape index (κ2) is 11.9. The largest absolute Gasteiger partial charge is 0.490 e. The molecule has 2 aromatic rings. The Kier molecular flexibility index (Phi) is 8.38. The fourth-order valence-corrected chi connectivity index (χ4v) is 5.21. The predicted octanol–water partition coefficient (Wildman–Crippen LogP) is 5.71. The van der Waals surface area contributed by atoms with Crippen LogP contribution in [0.3, 0.4) is 0 Å². The Morgan fingerprint density at radius 2 is 1.83 bits per heavy atom. The molecular formula is C28H31N3O3S. The van der Waals surface area contributed by atoms with Gasteiger partial charge in [-0.3, -0.25) is 9.69 Å². The number of aliphatic imine (C=N–C) groups is 1. The van der Waals surface area contributed by atoms with E-state index in [-0.39, 0.29) is 12.5 Å². The van der Waals surface area contributed by atoms with E-state index in [1.807, 2.05) is 50.3 Å². The van der Waals surface area contributed by atoms with Crippen LogP contribution in [0.2, 0.25) is 0 Å². The molecular weight excluding hydrogens is 458 g/mol. The van der Waals surface area contributed by atoms with Crippen LogP contribution in [-0.4, -0.2) is 48.8 Å². The Labute approximate surface area is 212 Å². The van der Waals surface area contributed by atoms with Crippen molar-refractivity contribution in [3.63, 3.8) is 0 Å². The lowest BCUT2D eigenvalue weighted by atomic mass is 10.1. The number of piperidine rings is 1. The maximum absolute atomic E-state index is 13.1. The van der Waals surface area contributed by atoms with Gasteiger partial charge in [-0.15, -0.1) is 6.42 Å². The molecule has 2 aliphatic rings. The summed E-state index contributed by atoms with van der Waals surface area (Å²) >= 11 is 1.39. The van der Waals surface area contributed by atoms with Gasteiger partial charge in [-0.25, -0.2) is 4.99 Å². The highest BCUT2D eigenvalue weighted by molar-refractivity contribution is 8.18. The molecule has 1 amide bonds. The zero-order valence-electron chi connectivity index (χ0n) is 20.3. The van der Waals surface area contributed by atoms with Crippen molar-refractivity contribution in [2.45, 2.75) is 33.1 Å². The van der Waals surface area contributed by atoms with Gasteiger partial charge in [0.05, 0.1) is 17.2 Å². The number of benzene rings is 2. The third-order valence-corrected chi connectivity index (χ3v) is 6.88. The molecule has 2 fully saturated rings. The van der Waals surface area contributed by atoms with Crippen LogP contribution in [0.5, 0.6) is 11.5 Å². The second-order valence-corrected chi connectivity index (χ2v) is 9.26. The van der Waals surface area contributed by atoms with Gasteiger partial charge in [-0.1, -0.05) is 12.0 Å². The number of anilines is 1. The van der Waals surface area contributed by atoms with Crippen LogP contribution in [0.15, 0.2) is 52.4 Å². The molecule has 2 saturated heterocycles. The molecule has 4 rings (SSSR count). The minimum atomic E-state index is -0.0493. The number of thioether (sulfide) groups is 1. The van der Waals surface area contributed by atoms with Gasteiger partial charge in [-0.05, 0) is 92.9 Å². The van der Waals surface area contributed by atoms with Crippen LogP contribution in [0.25, 0.3) is 6.08 Å². The van der Waals surface area contributed by atoms with Gasteiger partial charge < -0.3 is 14.4 Å². The zero-order chi connectivity index (χ0) is 24.6. The molecule has 0 bridgehead atoms. The number of ether oxygens (including phenoxy) is 2. The third-order valence-electron chi connectivity index (χ3n) is 5.88. The Bertz CT molecular complexity index is 1150. The fraction of sp³-hybridized carbons (Fsp3) is 0.357. The zero-order valence-corrected chi connectivity index (χ0v) is 21.1. The first-order valence-electron chi connectivity index (χ1n) is 12.1. The van der Waals surface area contributed by atoms with E-state index in [9.17, 15) is 4.79 Å². The van der Waals surface area contributed by atoms with E-state index in [4.69, 9.17) is 20.9 Å². The summed E-state index contributed by atoms with van der Waals surface area (Å²) < 4.78 is 11.3. The molecule has 0 aromatic heterocycles. The molecule has 0 spiro atoms. The molecule has 7 heteroatoms. The summed E-state index contributed by atoms with van der Waals surface area (Å²) in [6, 6.07) is 13.9. The minimum Gasteiger partial charge on any atom is -0.490 e. The van der Waals surface area contributed by atoms with Crippen LogP contribution < -0.4 is 14.4 Å². The van der Waals surface area contributed by atoms with E-state index in [0.717, 1.165) is 24.3 Å². The number of amidine groups is 1. The quantitative estimate of drug-likeness (QED) is 0.351. The number of nitrogens with zero attached hydrogens (tertiary/aromatic N) is 3. The van der Waals surface area contributed by atoms with Crippen molar-refractivity contribution < 1.29 is 14.3 Å². The van der Waals surface area contributed by atoms with Crippen molar-refractivity contribution >= 4 is 40.3 Å². The van der Waals surface area contributed by atoms with E-state index in [2.05, 4.69) is 23.0 Å². The van der Waals surface area contributed by atoms with Crippen molar-refractivity contribution in [1.82, 2.24) is 4.90 Å². The van der Waals surface area contributed by atoms with E-state index in [1.165, 1.54) is 36.7 Å². The lowest BCUT2D eigenvalue weighted by Gasteiger charge is -2.28. The Hall–Kier alpha value is -3.37. The SMILES string of the molecule is C#CCOc1ccc(/C=C2\SC(=Nc3ccc(N4CCCCC4)cc3)N(CC)C2=O)cc1OCC. The van der Waals surface area contributed by atoms with Crippen LogP contribution in [-0.2, 0) is 4.79 Å². The predicted molar refractivity (Wildman–Crippen MR) is 144 cm³/mol. The Morgan fingerprint density at radius 1 is 1.06 bits per heavy atom. The third kappa shape index (κ3) is 6.01. The number of amides is 1. The molecule has 182 valence electrons. The number of carbonyl (C=O) groups excluding carboxylic acids is 1. The number of hydrogen-bond acceptors (Lipinski definition) is 6. The fourth-order valence-electron chi connectivity index (χ4n) is 4.14. The van der Waals surface area contributed by atoms with Crippen molar-refractivity contribution in [2.75, 3.05) is 37.7 Å². The summed E-state index contributed by atoms with van der Waals surface area (Å²) in [5, 5.41) is 0.688. The molecule has 0 N–H and O–H groups in total. The molecule has 35 heavy (non-hydrogen) atoms. The molecule has 0 saturated carbocycles. The summed E-state index contributed by atoms with van der Waals surface area (Å²) in [6.07, 6.45) is 11.0. The number of rotatable bonds is 8. The lowest BCUT2D eigenvalue weighted by molar-refractivity contribution is -0.122. The van der Waals surface area contributed by atoms with Crippen LogP contribution >= 0.6 is 11.8 Å². The Morgan fingerprint density at radius 3 is 2.51 bits per heavy atom. The van der Waals surface area contributed by atoms with Gasteiger partial charge in [0.25, 0.3) is 5.91 Å². The van der Waals surface area contributed by atoms with E-state index < -0.39 is 0 Å². The van der Waals surface area contributed by atoms with Crippen molar-refractivity contribution in [3.8, 4) is 23.8 Å². The summed E-state index contributed by atoms with van der Waals surface area (Å²) in [6.45, 7) is 7.30. The summed E-state index contributed by atoms with van der Waals surface area (Å²) in [5.74, 6) is 3.60. The normalized spacial score (nSPS) is 18.3. The maximum Gasteiger partial charge on any atom is 0.266 e. The summed E-state index contributed by atoms with van der Waals surface area (Å²) in [7, 11) is 0. The molecule has 6 nitrogen and oxygen atoms in total. The van der Waals surface area contributed by atoms with Gasteiger partial charge in [0.2, 0.25) is 0 Å². The average Bonchev–Trinajstić information content (AvgIpc) is 3.18. The highest BCUT2D eigenvalue weighted by Gasteiger charge is 2.32. The number of hydrogen-bond donors (Lipinski definition) is 0. The molecule has 2 aromatic carbocycles. The van der Waals surface area contributed by atoms with Gasteiger partial charge in [0.15, 0.2) is 16.7 Å². The van der Waals surface area contributed by atoms with Crippen LogP contribution in [0, 0.1) is 12.3 Å². The van der Waals surface area contributed by atoms with Crippen LogP contribution in [0.4, 0.5) is 11.4 Å². The number of likely N-dealkylation sites (N-methyl/N-ethyl adjacent to an activating group) is 1. The Balaban J connectivity index is 1.54. The second-order valence-electron chi connectivity index (χ2n) is 8.25. The highest BCUT2D eigenvalue weighted by atomic mass is 32.2. The number of carbonyl (C=O) groups is 1. The molecule has 2 aliphatic heterocycles. The molecule has 2 heterocycles. The first-order chi connectivity index (χ1) is 17.1. The average molecular weight is 490 g/mol. The smallest absolute Gasteiger partial charge is 0.266 e. The van der Waals surface area contributed by atoms with E-state index in [0.29, 0.717) is 34.7 Å². The van der Waals surface area contributed by atoms with Gasteiger partial charge in [-0.2, -0.15) is 0 Å². The molecule has 0 aliphatic carbocycles. The standard InChI is InChI=1S/C28H31N3O3S/c1-4-18-34-24-15-10-21(19-25(24)33-6-3)20-26-27(32)31(5-2)28(35-26)29-22-11-13-23(14-12-22)30-16-8-7-9-17-30/h1,10-15,19-20H,5-9,16-18H2,2-3H3/b26-20-,29-28?. The van der Waals surface area contributed by atoms with Crippen molar-refractivity contribution in [1.29, 1.82) is 0 Å². The lowest BCUT2D eigenvalue weighted by Crippen LogP contribution is -2.29. The van der Waals surface area contributed by atoms with E-state index >= 15 is 0 Å². The highest BCUT2D eigenvalue weighted by Crippen LogP contribution is 2.36. The number of terminal acetylenes is 1.